The lowest BCUT2D eigenvalue weighted by atomic mass is 10.1. The molecule has 5 rings (SSSR count). The number of carbonyl (C=O) groups excluding carboxylic acids is 1. The Morgan fingerprint density at radius 2 is 1.44 bits per heavy atom. The fraction of sp³-hybridized carbons (Fsp3) is 0.185. The lowest BCUT2D eigenvalue weighted by Gasteiger charge is -2.34. The minimum atomic E-state index is -3.66. The van der Waals surface area contributed by atoms with Gasteiger partial charge in [0.25, 0.3) is 5.91 Å². The Morgan fingerprint density at radius 1 is 0.833 bits per heavy atom. The Balaban J connectivity index is 1.37. The Kier molecular flexibility index (Phi) is 6.58. The number of methoxy groups -OCH3 is 1. The zero-order chi connectivity index (χ0) is 25.1. The van der Waals surface area contributed by atoms with Gasteiger partial charge in [0.1, 0.15) is 11.4 Å². The Morgan fingerprint density at radius 3 is 2.06 bits per heavy atom. The average molecular weight is 503 g/mol. The van der Waals surface area contributed by atoms with Crippen LogP contribution < -0.4 is 4.74 Å². The number of sulfonamides is 1. The molecule has 0 saturated carbocycles. The smallest absolute Gasteiger partial charge is 0.272 e. The van der Waals surface area contributed by atoms with Gasteiger partial charge in [-0.3, -0.25) is 4.79 Å². The number of aromatic nitrogens is 2. The van der Waals surface area contributed by atoms with Crippen molar-refractivity contribution >= 4 is 15.9 Å². The normalized spacial score (nSPS) is 14.5. The molecule has 0 radical (unpaired) electrons. The second-order valence-corrected chi connectivity index (χ2v) is 10.3. The summed E-state index contributed by atoms with van der Waals surface area (Å²) in [7, 11) is -2.13. The molecule has 184 valence electrons. The lowest BCUT2D eigenvalue weighted by Crippen LogP contribution is -2.50. The summed E-state index contributed by atoms with van der Waals surface area (Å²) in [6, 6.07) is 27.3. The van der Waals surface area contributed by atoms with Gasteiger partial charge in [0.15, 0.2) is 0 Å². The van der Waals surface area contributed by atoms with Crippen LogP contribution in [0, 0.1) is 0 Å². The van der Waals surface area contributed by atoms with E-state index in [9.17, 15) is 13.2 Å². The molecule has 0 spiro atoms. The van der Waals surface area contributed by atoms with E-state index in [-0.39, 0.29) is 37.0 Å². The van der Waals surface area contributed by atoms with Crippen molar-refractivity contribution in [1.82, 2.24) is 19.0 Å². The van der Waals surface area contributed by atoms with Gasteiger partial charge >= 0.3 is 0 Å². The highest BCUT2D eigenvalue weighted by Gasteiger charge is 2.32. The zero-order valence-electron chi connectivity index (χ0n) is 19.8. The summed E-state index contributed by atoms with van der Waals surface area (Å²) in [6.07, 6.45) is 0. The van der Waals surface area contributed by atoms with Gasteiger partial charge in [-0.2, -0.15) is 9.40 Å². The number of benzene rings is 3. The number of para-hydroxylation sites is 1. The summed E-state index contributed by atoms with van der Waals surface area (Å²) in [4.78, 5) is 15.5. The predicted molar refractivity (Wildman–Crippen MR) is 137 cm³/mol. The molecule has 1 saturated heterocycles. The summed E-state index contributed by atoms with van der Waals surface area (Å²) in [5.41, 5.74) is 2.83. The maximum atomic E-state index is 13.6. The van der Waals surface area contributed by atoms with E-state index >= 15 is 0 Å². The third kappa shape index (κ3) is 4.62. The molecule has 1 fully saturated rings. The molecule has 8 nitrogen and oxygen atoms in total. The number of ether oxygens (including phenoxy) is 1. The summed E-state index contributed by atoms with van der Waals surface area (Å²) >= 11 is 0. The Hall–Kier alpha value is -3.95. The first-order chi connectivity index (χ1) is 17.5. The van der Waals surface area contributed by atoms with E-state index in [0.29, 0.717) is 17.1 Å². The molecule has 1 aliphatic heterocycles. The monoisotopic (exact) mass is 502 g/mol. The molecule has 0 atom stereocenters. The fourth-order valence-electron chi connectivity index (χ4n) is 4.24. The molecule has 1 aliphatic rings. The van der Waals surface area contributed by atoms with Crippen molar-refractivity contribution in [3.8, 4) is 22.7 Å². The maximum absolute atomic E-state index is 13.6. The van der Waals surface area contributed by atoms with Crippen LogP contribution in [0.4, 0.5) is 0 Å². The molecule has 0 bridgehead atoms. The molecule has 0 unspecified atom stereocenters. The molecule has 36 heavy (non-hydrogen) atoms. The number of carbonyl (C=O) groups is 1. The zero-order valence-corrected chi connectivity index (χ0v) is 20.6. The SMILES string of the molecule is COc1ccc(S(=O)(=O)N2CCN(C(=O)c3cc(-c4ccccc4)nn3-c3ccccc3)CC2)cc1. The van der Waals surface area contributed by atoms with Crippen LogP contribution in [0.15, 0.2) is 95.9 Å². The van der Waals surface area contributed by atoms with Gasteiger partial charge in [-0.25, -0.2) is 13.1 Å². The van der Waals surface area contributed by atoms with Gasteiger partial charge in [-0.05, 0) is 42.5 Å². The van der Waals surface area contributed by atoms with Crippen molar-refractivity contribution < 1.29 is 17.9 Å². The molecular formula is C27H26N4O4S. The summed E-state index contributed by atoms with van der Waals surface area (Å²) in [5.74, 6) is 0.407. The highest BCUT2D eigenvalue weighted by Crippen LogP contribution is 2.24. The fourth-order valence-corrected chi connectivity index (χ4v) is 5.66. The van der Waals surface area contributed by atoms with Crippen molar-refractivity contribution in [3.05, 3.63) is 96.7 Å². The van der Waals surface area contributed by atoms with E-state index in [0.717, 1.165) is 11.3 Å². The maximum Gasteiger partial charge on any atom is 0.272 e. The molecule has 1 aromatic heterocycles. The lowest BCUT2D eigenvalue weighted by molar-refractivity contribution is 0.0688. The number of amides is 1. The molecular weight excluding hydrogens is 476 g/mol. The molecule has 4 aromatic rings. The number of piperazine rings is 1. The Bertz CT molecular complexity index is 1440. The molecule has 9 heteroatoms. The van der Waals surface area contributed by atoms with Gasteiger partial charge in [-0.1, -0.05) is 48.5 Å². The number of rotatable bonds is 6. The van der Waals surface area contributed by atoms with Crippen LogP contribution in [0.1, 0.15) is 10.5 Å². The first kappa shape index (κ1) is 23.8. The van der Waals surface area contributed by atoms with Gasteiger partial charge in [0.2, 0.25) is 10.0 Å². The summed E-state index contributed by atoms with van der Waals surface area (Å²) in [6.45, 7) is 1.000. The molecule has 0 aliphatic carbocycles. The van der Waals surface area contributed by atoms with Gasteiger partial charge in [0.05, 0.1) is 23.4 Å². The largest absolute Gasteiger partial charge is 0.497 e. The predicted octanol–water partition coefficient (Wildman–Crippen LogP) is 3.69. The minimum absolute atomic E-state index is 0.185. The summed E-state index contributed by atoms with van der Waals surface area (Å²) in [5, 5.41) is 4.73. The van der Waals surface area contributed by atoms with Crippen LogP contribution in [-0.2, 0) is 10.0 Å². The van der Waals surface area contributed by atoms with Crippen molar-refractivity contribution in [3.63, 3.8) is 0 Å². The molecule has 3 aromatic carbocycles. The number of hydrogen-bond donors (Lipinski definition) is 0. The minimum Gasteiger partial charge on any atom is -0.497 e. The van der Waals surface area contributed by atoms with E-state index < -0.39 is 10.0 Å². The van der Waals surface area contributed by atoms with Crippen LogP contribution in [-0.4, -0.2) is 66.6 Å². The standard InChI is InChI=1S/C27H26N4O4S/c1-35-23-12-14-24(15-13-23)36(33,34)30-18-16-29(17-19-30)27(32)26-20-25(21-8-4-2-5-9-21)28-31(26)22-10-6-3-7-11-22/h2-15,20H,16-19H2,1H3. The topological polar surface area (TPSA) is 84.7 Å². The summed E-state index contributed by atoms with van der Waals surface area (Å²) < 4.78 is 34.4. The van der Waals surface area contributed by atoms with Crippen molar-refractivity contribution in [2.24, 2.45) is 0 Å². The van der Waals surface area contributed by atoms with Crippen LogP contribution in [0.25, 0.3) is 16.9 Å². The van der Waals surface area contributed by atoms with E-state index in [4.69, 9.17) is 9.84 Å². The van der Waals surface area contributed by atoms with Crippen LogP contribution in [0.2, 0.25) is 0 Å². The van der Waals surface area contributed by atoms with Gasteiger partial charge < -0.3 is 9.64 Å². The third-order valence-corrected chi connectivity index (χ3v) is 8.13. The highest BCUT2D eigenvalue weighted by atomic mass is 32.2. The van der Waals surface area contributed by atoms with E-state index in [1.54, 1.807) is 27.8 Å². The van der Waals surface area contributed by atoms with Gasteiger partial charge in [0, 0.05) is 31.7 Å². The highest BCUT2D eigenvalue weighted by molar-refractivity contribution is 7.89. The third-order valence-electron chi connectivity index (χ3n) is 6.22. The molecule has 1 amide bonds. The van der Waals surface area contributed by atoms with Crippen molar-refractivity contribution in [1.29, 1.82) is 0 Å². The first-order valence-electron chi connectivity index (χ1n) is 11.6. The van der Waals surface area contributed by atoms with E-state index in [2.05, 4.69) is 0 Å². The van der Waals surface area contributed by atoms with Crippen LogP contribution in [0.3, 0.4) is 0 Å². The van der Waals surface area contributed by atoms with Gasteiger partial charge in [-0.15, -0.1) is 0 Å². The second kappa shape index (κ2) is 9.96. The number of hydrogen-bond acceptors (Lipinski definition) is 5. The second-order valence-electron chi connectivity index (χ2n) is 8.40. The van der Waals surface area contributed by atoms with Crippen molar-refractivity contribution in [2.45, 2.75) is 4.90 Å². The number of nitrogens with zero attached hydrogens (tertiary/aromatic N) is 4. The molecule has 0 N–H and O–H groups in total. The quantitative estimate of drug-likeness (QED) is 0.402. The van der Waals surface area contributed by atoms with Crippen LogP contribution in [0.5, 0.6) is 5.75 Å². The first-order valence-corrected chi connectivity index (χ1v) is 13.1. The Labute approximate surface area is 210 Å². The average Bonchev–Trinajstić information content (AvgIpc) is 3.39. The van der Waals surface area contributed by atoms with Crippen molar-refractivity contribution in [2.75, 3.05) is 33.3 Å². The van der Waals surface area contributed by atoms with E-state index in [1.807, 2.05) is 60.7 Å². The van der Waals surface area contributed by atoms with E-state index in [1.165, 1.54) is 23.5 Å². The van der Waals surface area contributed by atoms with Crippen LogP contribution >= 0.6 is 0 Å². The molecule has 2 heterocycles.